The summed E-state index contributed by atoms with van der Waals surface area (Å²) in [4.78, 5) is 11.3. The molecular weight excluding hydrogens is 578 g/mol. The predicted octanol–water partition coefficient (Wildman–Crippen LogP) is 8.69. The topological polar surface area (TPSA) is 61.4 Å². The molecule has 1 amide bonds. The third kappa shape index (κ3) is 8.10. The van der Waals surface area contributed by atoms with E-state index in [1.807, 2.05) is 13.8 Å². The molecule has 0 aliphatic carbocycles. The first-order chi connectivity index (χ1) is 19.8. The molecule has 0 aliphatic rings. The van der Waals surface area contributed by atoms with E-state index in [-0.39, 0.29) is 45.8 Å². The van der Waals surface area contributed by atoms with Crippen molar-refractivity contribution >= 4 is 41.7 Å². The molecule has 0 spiro atoms. The molecule has 0 radical (unpaired) electrons. The number of amides is 1. The molecule has 3 N–H and O–H groups in total. The minimum Gasteiger partial charge on any atom is -0.378 e. The summed E-state index contributed by atoms with van der Waals surface area (Å²) in [7, 11) is 0. The zero-order valence-corrected chi connectivity index (χ0v) is 24.7. The number of halogens is 6. The van der Waals surface area contributed by atoms with Crippen LogP contribution in [0.4, 0.5) is 37.7 Å². The van der Waals surface area contributed by atoms with E-state index in [1.165, 1.54) is 62.4 Å². The first-order valence-electron chi connectivity index (χ1n) is 13.2. The van der Waals surface area contributed by atoms with E-state index in [1.54, 1.807) is 6.92 Å². The van der Waals surface area contributed by atoms with E-state index < -0.39 is 41.0 Å². The molecule has 3 aromatic carbocycles. The Labute approximate surface area is 246 Å². The molecule has 3 aromatic rings. The number of anilines is 2. The van der Waals surface area contributed by atoms with Gasteiger partial charge in [-0.1, -0.05) is 57.2 Å². The number of carbonyl (C=O) groups is 1. The summed E-state index contributed by atoms with van der Waals surface area (Å²) >= 11 is 0.835. The predicted molar refractivity (Wildman–Crippen MR) is 159 cm³/mol. The second-order valence-corrected chi connectivity index (χ2v) is 10.4. The SMILES string of the molecule is CC.CCSCC(O)(C(Nc1cc(F)cc(NC=O)c1/C=C\c1ccc(F)cc1)c1ccc(C)c(F)c1C)C(F)(F)F. The number of hydrogen-bond donors (Lipinski definition) is 3. The van der Waals surface area contributed by atoms with Crippen LogP contribution in [0.2, 0.25) is 0 Å². The normalized spacial score (nSPS) is 13.6. The van der Waals surface area contributed by atoms with Gasteiger partial charge in [0, 0.05) is 17.0 Å². The number of aryl methyl sites for hydroxylation is 1. The Morgan fingerprint density at radius 1 is 0.929 bits per heavy atom. The van der Waals surface area contributed by atoms with E-state index in [0.717, 1.165) is 23.9 Å². The summed E-state index contributed by atoms with van der Waals surface area (Å²) in [6.07, 6.45) is -2.02. The largest absolute Gasteiger partial charge is 0.420 e. The first kappa shape index (κ1) is 34.8. The van der Waals surface area contributed by atoms with Gasteiger partial charge in [0.1, 0.15) is 17.5 Å². The Kier molecular flexibility index (Phi) is 12.5. The summed E-state index contributed by atoms with van der Waals surface area (Å²) in [5.74, 6) is -2.66. The molecule has 42 heavy (non-hydrogen) atoms. The minimum absolute atomic E-state index is 0.0701. The Hall–Kier alpha value is -3.44. The van der Waals surface area contributed by atoms with E-state index in [4.69, 9.17) is 0 Å². The summed E-state index contributed by atoms with van der Waals surface area (Å²) in [5.41, 5.74) is -3.23. The van der Waals surface area contributed by atoms with Gasteiger partial charge in [-0.05, 0) is 66.1 Å². The molecule has 2 unspecified atom stereocenters. The van der Waals surface area contributed by atoms with Gasteiger partial charge in [0.15, 0.2) is 5.60 Å². The van der Waals surface area contributed by atoms with Crippen molar-refractivity contribution in [1.82, 2.24) is 0 Å². The van der Waals surface area contributed by atoms with Crippen LogP contribution in [-0.4, -0.2) is 34.8 Å². The number of rotatable bonds is 11. The minimum atomic E-state index is -5.18. The lowest BCUT2D eigenvalue weighted by atomic mass is 9.85. The molecule has 0 aromatic heterocycles. The highest BCUT2D eigenvalue weighted by Gasteiger charge is 2.59. The quantitative estimate of drug-likeness (QED) is 0.115. The first-order valence-corrected chi connectivity index (χ1v) is 14.3. The van der Waals surface area contributed by atoms with Crippen molar-refractivity contribution in [2.45, 2.75) is 52.4 Å². The average molecular weight is 613 g/mol. The van der Waals surface area contributed by atoms with Gasteiger partial charge in [-0.3, -0.25) is 4.79 Å². The molecule has 0 bridgehead atoms. The van der Waals surface area contributed by atoms with E-state index in [9.17, 15) is 36.2 Å². The van der Waals surface area contributed by atoms with E-state index in [2.05, 4.69) is 10.6 Å². The molecule has 0 fully saturated rings. The maximum atomic E-state index is 14.9. The zero-order valence-electron chi connectivity index (χ0n) is 23.9. The van der Waals surface area contributed by atoms with Gasteiger partial charge in [-0.2, -0.15) is 24.9 Å². The Bertz CT molecular complexity index is 1380. The van der Waals surface area contributed by atoms with Gasteiger partial charge in [-0.25, -0.2) is 13.2 Å². The molecule has 11 heteroatoms. The highest BCUT2D eigenvalue weighted by atomic mass is 32.2. The van der Waals surface area contributed by atoms with E-state index in [0.29, 0.717) is 5.56 Å². The maximum absolute atomic E-state index is 14.9. The van der Waals surface area contributed by atoms with Gasteiger partial charge in [-0.15, -0.1) is 0 Å². The number of benzene rings is 3. The Morgan fingerprint density at radius 3 is 2.12 bits per heavy atom. The van der Waals surface area contributed by atoms with Crippen LogP contribution in [0.5, 0.6) is 0 Å². The zero-order chi connectivity index (χ0) is 31.7. The van der Waals surface area contributed by atoms with Crippen molar-refractivity contribution in [2.75, 3.05) is 22.1 Å². The van der Waals surface area contributed by atoms with E-state index >= 15 is 0 Å². The summed E-state index contributed by atoms with van der Waals surface area (Å²) < 4.78 is 86.7. The fourth-order valence-electron chi connectivity index (χ4n) is 4.20. The van der Waals surface area contributed by atoms with Crippen LogP contribution < -0.4 is 10.6 Å². The van der Waals surface area contributed by atoms with Crippen LogP contribution in [0.3, 0.4) is 0 Å². The lowest BCUT2D eigenvalue weighted by molar-refractivity contribution is -0.256. The third-order valence-corrected chi connectivity index (χ3v) is 7.45. The highest BCUT2D eigenvalue weighted by molar-refractivity contribution is 7.99. The molecule has 0 heterocycles. The molecule has 4 nitrogen and oxygen atoms in total. The number of thioether (sulfide) groups is 1. The number of hydrogen-bond acceptors (Lipinski definition) is 4. The van der Waals surface area contributed by atoms with Crippen LogP contribution in [0.25, 0.3) is 12.2 Å². The second kappa shape index (κ2) is 15.2. The third-order valence-electron chi connectivity index (χ3n) is 6.40. The lowest BCUT2D eigenvalue weighted by Gasteiger charge is -2.39. The van der Waals surface area contributed by atoms with Crippen molar-refractivity contribution in [2.24, 2.45) is 0 Å². The Morgan fingerprint density at radius 2 is 1.55 bits per heavy atom. The second-order valence-electron chi connectivity index (χ2n) is 9.11. The van der Waals surface area contributed by atoms with Crippen molar-refractivity contribution in [3.05, 3.63) is 93.8 Å². The number of nitrogens with one attached hydrogen (secondary N) is 2. The van der Waals surface area contributed by atoms with Gasteiger partial charge < -0.3 is 15.7 Å². The molecule has 0 aliphatic heterocycles. The van der Waals surface area contributed by atoms with Crippen LogP contribution in [-0.2, 0) is 4.79 Å². The van der Waals surface area contributed by atoms with Crippen molar-refractivity contribution in [3.8, 4) is 0 Å². The van der Waals surface area contributed by atoms with Gasteiger partial charge in [0.2, 0.25) is 6.41 Å². The molecule has 0 saturated heterocycles. The van der Waals surface area contributed by atoms with Crippen molar-refractivity contribution in [1.29, 1.82) is 0 Å². The van der Waals surface area contributed by atoms with Crippen LogP contribution in [0, 0.1) is 31.3 Å². The average Bonchev–Trinajstić information content (AvgIpc) is 2.95. The van der Waals surface area contributed by atoms with Gasteiger partial charge in [0.05, 0.1) is 11.7 Å². The summed E-state index contributed by atoms with van der Waals surface area (Å²) in [6, 6.07) is 7.79. The van der Waals surface area contributed by atoms with Crippen LogP contribution in [0.15, 0.2) is 48.5 Å². The number of carbonyl (C=O) groups excluding carboxylic acids is 1. The summed E-state index contributed by atoms with van der Waals surface area (Å²) in [5, 5.41) is 16.2. The maximum Gasteiger partial charge on any atom is 0.420 e. The summed E-state index contributed by atoms with van der Waals surface area (Å²) in [6.45, 7) is 8.39. The smallest absolute Gasteiger partial charge is 0.378 e. The monoisotopic (exact) mass is 612 g/mol. The van der Waals surface area contributed by atoms with Crippen LogP contribution >= 0.6 is 11.8 Å². The lowest BCUT2D eigenvalue weighted by Crippen LogP contribution is -2.55. The standard InChI is InChI=1S/C29H28F6N2O2S.C2H6/c1-4-40-15-28(39,29(33,34)35)27(22-11-5-17(2)26(32)18(22)3)37-25-14-21(31)13-24(36-16-38)23(25)12-8-19-6-9-20(30)10-7-19;1-2/h5-14,16,27,37,39H,4,15H2,1-3H3,(H,36,38);1-2H3/b12-8-;. The van der Waals surface area contributed by atoms with Gasteiger partial charge in [0.25, 0.3) is 0 Å². The molecule has 228 valence electrons. The molecule has 2 atom stereocenters. The van der Waals surface area contributed by atoms with Crippen LogP contribution in [0.1, 0.15) is 54.6 Å². The Balaban J connectivity index is 0.00000301. The van der Waals surface area contributed by atoms with Gasteiger partial charge >= 0.3 is 6.18 Å². The number of aliphatic hydroxyl groups is 1. The highest BCUT2D eigenvalue weighted by Crippen LogP contribution is 2.46. The molecule has 3 rings (SSSR count). The number of alkyl halides is 3. The molecular formula is C31H34F6N2O2S. The fourth-order valence-corrected chi connectivity index (χ4v) is 5.04. The molecule has 0 saturated carbocycles. The van der Waals surface area contributed by atoms with Crippen molar-refractivity contribution < 1.29 is 36.2 Å². The fraction of sp³-hybridized carbons (Fsp3) is 0.323. The van der Waals surface area contributed by atoms with Crippen molar-refractivity contribution in [3.63, 3.8) is 0 Å².